The Balaban J connectivity index is 1.60. The molecule has 0 spiro atoms. The number of rotatable bonds is 7. The Morgan fingerprint density at radius 2 is 1.41 bits per heavy atom. The highest BCUT2D eigenvalue weighted by molar-refractivity contribution is 5.35. The molecule has 3 aromatic rings. The van der Waals surface area contributed by atoms with Gasteiger partial charge in [0, 0.05) is 12.3 Å². The van der Waals surface area contributed by atoms with Gasteiger partial charge in [-0.25, -0.2) is 4.98 Å². The van der Waals surface area contributed by atoms with Crippen molar-refractivity contribution in [2.24, 2.45) is 0 Å². The Bertz CT molecular complexity index is 825. The number of benzene rings is 2. The van der Waals surface area contributed by atoms with Crippen LogP contribution in [0.5, 0.6) is 23.1 Å². The number of nitrogens with zero attached hydrogens (tertiary/aromatic N) is 1. The largest absolute Gasteiger partial charge is 0.489 e. The van der Waals surface area contributed by atoms with Crippen LogP contribution >= 0.6 is 0 Å². The van der Waals surface area contributed by atoms with Crippen LogP contribution in [0.15, 0.2) is 79.0 Å². The van der Waals surface area contributed by atoms with E-state index in [-0.39, 0.29) is 11.6 Å². The Kier molecular flexibility index (Phi) is 5.80. The first-order chi connectivity index (χ1) is 13.0. The molecule has 0 radical (unpaired) electrons. The summed E-state index contributed by atoms with van der Waals surface area (Å²) in [7, 11) is 0. The zero-order valence-electron chi connectivity index (χ0n) is 14.1. The first-order valence-electron chi connectivity index (χ1n) is 8.11. The molecule has 7 heteroatoms. The van der Waals surface area contributed by atoms with Gasteiger partial charge in [0.15, 0.2) is 0 Å². The fraction of sp³-hybridized carbons (Fsp3) is 0.150. The van der Waals surface area contributed by atoms with Crippen LogP contribution in [-0.4, -0.2) is 23.9 Å². The van der Waals surface area contributed by atoms with E-state index in [4.69, 9.17) is 14.2 Å². The van der Waals surface area contributed by atoms with Crippen LogP contribution in [0.4, 0.5) is 13.2 Å². The second-order valence-electron chi connectivity index (χ2n) is 5.51. The van der Waals surface area contributed by atoms with Gasteiger partial charge in [0.2, 0.25) is 12.0 Å². The smallest absolute Gasteiger partial charge is 0.428 e. The Morgan fingerprint density at radius 1 is 0.778 bits per heavy atom. The molecule has 1 heterocycles. The van der Waals surface area contributed by atoms with Crippen molar-refractivity contribution in [1.82, 2.24) is 4.98 Å². The molecule has 140 valence electrons. The summed E-state index contributed by atoms with van der Waals surface area (Å²) in [4.78, 5) is 3.74. The maximum absolute atomic E-state index is 13.2. The molecular formula is C20H16F3NO3. The van der Waals surface area contributed by atoms with E-state index in [0.29, 0.717) is 11.5 Å². The third kappa shape index (κ3) is 5.64. The van der Waals surface area contributed by atoms with E-state index >= 15 is 0 Å². The van der Waals surface area contributed by atoms with E-state index in [0.717, 1.165) is 0 Å². The van der Waals surface area contributed by atoms with Crippen LogP contribution < -0.4 is 14.2 Å². The second kappa shape index (κ2) is 8.44. The molecule has 0 aliphatic carbocycles. The van der Waals surface area contributed by atoms with E-state index in [9.17, 15) is 13.2 Å². The zero-order valence-corrected chi connectivity index (χ0v) is 14.1. The van der Waals surface area contributed by atoms with Crippen LogP contribution in [0.1, 0.15) is 0 Å². The molecule has 1 unspecified atom stereocenters. The van der Waals surface area contributed by atoms with Gasteiger partial charge in [-0.15, -0.1) is 0 Å². The van der Waals surface area contributed by atoms with Crippen molar-refractivity contribution < 1.29 is 27.4 Å². The van der Waals surface area contributed by atoms with Gasteiger partial charge >= 0.3 is 6.18 Å². The van der Waals surface area contributed by atoms with Crippen molar-refractivity contribution in [2.75, 3.05) is 6.61 Å². The summed E-state index contributed by atoms with van der Waals surface area (Å²) in [5.74, 6) is 1.36. The molecule has 0 saturated carbocycles. The molecule has 0 aliphatic heterocycles. The first kappa shape index (κ1) is 18.6. The van der Waals surface area contributed by atoms with Crippen molar-refractivity contribution in [3.8, 4) is 23.1 Å². The van der Waals surface area contributed by atoms with Crippen molar-refractivity contribution in [2.45, 2.75) is 12.3 Å². The van der Waals surface area contributed by atoms with Gasteiger partial charge in [0.05, 0.1) is 0 Å². The monoisotopic (exact) mass is 375 g/mol. The standard InChI is InChI=1S/C20H16F3NO3/c21-20(22,23)18(27-19-8-4-5-13-24-19)14-25-15-9-11-17(12-10-15)26-16-6-2-1-3-7-16/h1-13,18H,14H2. The lowest BCUT2D eigenvalue weighted by Crippen LogP contribution is -2.39. The number of hydrogen-bond donors (Lipinski definition) is 0. The summed E-state index contributed by atoms with van der Waals surface area (Å²) in [6, 6.07) is 19.9. The third-order valence-electron chi connectivity index (χ3n) is 3.47. The summed E-state index contributed by atoms with van der Waals surface area (Å²) in [6.45, 7) is -0.695. The van der Waals surface area contributed by atoms with Gasteiger partial charge in [0.1, 0.15) is 23.9 Å². The molecule has 0 fully saturated rings. The Labute approximate surface area is 154 Å². The Morgan fingerprint density at radius 3 is 2.04 bits per heavy atom. The topological polar surface area (TPSA) is 40.6 Å². The van der Waals surface area contributed by atoms with Crippen molar-refractivity contribution in [3.05, 3.63) is 79.0 Å². The summed E-state index contributed by atoms with van der Waals surface area (Å²) in [5.41, 5.74) is 0. The molecular weight excluding hydrogens is 359 g/mol. The third-order valence-corrected chi connectivity index (χ3v) is 3.47. The SMILES string of the molecule is FC(F)(F)C(COc1ccc(Oc2ccccc2)cc1)Oc1ccccn1. The minimum atomic E-state index is -4.59. The average molecular weight is 375 g/mol. The predicted octanol–water partition coefficient (Wildman–Crippen LogP) is 5.26. The number of aromatic nitrogens is 1. The normalized spacial score (nSPS) is 12.3. The van der Waals surface area contributed by atoms with Crippen molar-refractivity contribution in [1.29, 1.82) is 0 Å². The summed E-state index contributed by atoms with van der Waals surface area (Å²) in [5, 5.41) is 0. The number of ether oxygens (including phenoxy) is 3. The number of hydrogen-bond acceptors (Lipinski definition) is 4. The van der Waals surface area contributed by atoms with Gasteiger partial charge in [-0.1, -0.05) is 24.3 Å². The minimum absolute atomic E-state index is 0.116. The highest BCUT2D eigenvalue weighted by Gasteiger charge is 2.42. The van der Waals surface area contributed by atoms with Gasteiger partial charge in [-0.3, -0.25) is 0 Å². The van der Waals surface area contributed by atoms with Gasteiger partial charge in [-0.2, -0.15) is 13.2 Å². The highest BCUT2D eigenvalue weighted by atomic mass is 19.4. The zero-order chi connectivity index (χ0) is 19.1. The van der Waals surface area contributed by atoms with E-state index in [2.05, 4.69) is 4.98 Å². The number of alkyl halides is 3. The minimum Gasteiger partial charge on any atom is -0.489 e. The molecule has 0 bridgehead atoms. The van der Waals surface area contributed by atoms with Crippen LogP contribution in [0.2, 0.25) is 0 Å². The van der Waals surface area contributed by atoms with Crippen LogP contribution in [-0.2, 0) is 0 Å². The van der Waals surface area contributed by atoms with E-state index in [1.54, 1.807) is 36.4 Å². The molecule has 4 nitrogen and oxygen atoms in total. The fourth-order valence-electron chi connectivity index (χ4n) is 2.16. The molecule has 1 aromatic heterocycles. The summed E-state index contributed by atoms with van der Waals surface area (Å²) < 4.78 is 55.3. The summed E-state index contributed by atoms with van der Waals surface area (Å²) >= 11 is 0. The number of pyridine rings is 1. The second-order valence-corrected chi connectivity index (χ2v) is 5.51. The van der Waals surface area contributed by atoms with Gasteiger partial charge in [-0.05, 0) is 42.5 Å². The maximum Gasteiger partial charge on any atom is 0.428 e. The molecule has 27 heavy (non-hydrogen) atoms. The van der Waals surface area contributed by atoms with Crippen LogP contribution in [0.3, 0.4) is 0 Å². The fourth-order valence-corrected chi connectivity index (χ4v) is 2.16. The lowest BCUT2D eigenvalue weighted by Gasteiger charge is -2.21. The highest BCUT2D eigenvalue weighted by Crippen LogP contribution is 2.27. The summed E-state index contributed by atoms with van der Waals surface area (Å²) in [6.07, 6.45) is -5.36. The molecule has 1 atom stereocenters. The molecule has 3 rings (SSSR count). The Hall–Kier alpha value is -3.22. The van der Waals surface area contributed by atoms with Gasteiger partial charge in [0.25, 0.3) is 0 Å². The maximum atomic E-state index is 13.2. The van der Waals surface area contributed by atoms with E-state index in [1.807, 2.05) is 18.2 Å². The predicted molar refractivity (Wildman–Crippen MR) is 93.2 cm³/mol. The van der Waals surface area contributed by atoms with E-state index in [1.165, 1.54) is 24.4 Å². The number of para-hydroxylation sites is 1. The number of halogens is 3. The lowest BCUT2D eigenvalue weighted by molar-refractivity contribution is -0.202. The molecule has 0 N–H and O–H groups in total. The molecule has 0 amide bonds. The lowest BCUT2D eigenvalue weighted by atomic mass is 10.3. The van der Waals surface area contributed by atoms with E-state index < -0.39 is 18.9 Å². The average Bonchev–Trinajstić information content (AvgIpc) is 2.67. The molecule has 0 aliphatic rings. The van der Waals surface area contributed by atoms with Gasteiger partial charge < -0.3 is 14.2 Å². The van der Waals surface area contributed by atoms with Crippen LogP contribution in [0.25, 0.3) is 0 Å². The quantitative estimate of drug-likeness (QED) is 0.565. The van der Waals surface area contributed by atoms with Crippen LogP contribution in [0, 0.1) is 0 Å². The molecule has 2 aromatic carbocycles. The molecule has 0 saturated heterocycles. The first-order valence-corrected chi connectivity index (χ1v) is 8.11. The van der Waals surface area contributed by atoms with Crippen molar-refractivity contribution in [3.63, 3.8) is 0 Å². The van der Waals surface area contributed by atoms with Crippen molar-refractivity contribution >= 4 is 0 Å².